The van der Waals surface area contributed by atoms with E-state index in [4.69, 9.17) is 13.3 Å². The summed E-state index contributed by atoms with van der Waals surface area (Å²) in [5.41, 5.74) is -1.02. The first kappa shape index (κ1) is 3.90. The van der Waals surface area contributed by atoms with E-state index in [-0.39, 0.29) is 4.90 Å². The lowest BCUT2D eigenvalue weighted by Gasteiger charge is -2.32. The fourth-order valence-corrected chi connectivity index (χ4v) is 0.868. The van der Waals surface area contributed by atoms with Gasteiger partial charge in [-0.1, -0.05) is 20.8 Å². The number of carboxylic acid groups (broad SMARTS) is 1. The van der Waals surface area contributed by atoms with Crippen molar-refractivity contribution in [2.45, 2.75) is 26.8 Å². The van der Waals surface area contributed by atoms with E-state index in [9.17, 15) is 4.79 Å². The predicted octanol–water partition coefficient (Wildman–Crippen LogP) is 1.05. The van der Waals surface area contributed by atoms with Crippen LogP contribution in [-0.4, -0.2) is 36.0 Å². The van der Waals surface area contributed by atoms with E-state index in [0.29, 0.717) is 0 Å². The molecule has 0 saturated heterocycles. The van der Waals surface area contributed by atoms with Crippen molar-refractivity contribution in [2.24, 2.45) is 5.41 Å². The van der Waals surface area contributed by atoms with Gasteiger partial charge in [0.05, 0.1) is 0 Å². The van der Waals surface area contributed by atoms with Gasteiger partial charge >= 0.3 is 5.97 Å². The summed E-state index contributed by atoms with van der Waals surface area (Å²) in [5, 5.41) is 9.06. The molecule has 0 saturated carbocycles. The Balaban J connectivity index is 5.66. The molecular weight excluding hydrogens is 142 g/mol. The summed E-state index contributed by atoms with van der Waals surface area (Å²) in [6.45, 7) is -1.55. The third kappa shape index (κ3) is 2.89. The fourth-order valence-electron chi connectivity index (χ4n) is 0.868. The number of hydrogen-bond acceptors (Lipinski definition) is 2. The lowest BCUT2D eigenvalue weighted by atomic mass is 9.86. The molecule has 0 aromatic rings. The molecule has 0 bridgehead atoms. The first-order valence-electron chi connectivity index (χ1n) is 6.21. The van der Waals surface area contributed by atoms with E-state index in [0.717, 1.165) is 0 Å². The number of carbonyl (C=O) groups is 1. The van der Waals surface area contributed by atoms with Gasteiger partial charge in [0.1, 0.15) is 6.04 Å². The lowest BCUT2D eigenvalue weighted by molar-refractivity contribution is -0.146. The minimum absolute atomic E-state index is 0.0995. The topological polar surface area (TPSA) is 40.5 Å². The minimum Gasteiger partial charge on any atom is -0.480 e. The van der Waals surface area contributed by atoms with Crippen LogP contribution in [0.1, 0.15) is 29.0 Å². The van der Waals surface area contributed by atoms with Crippen molar-refractivity contribution in [1.29, 1.82) is 0 Å². The van der Waals surface area contributed by atoms with Gasteiger partial charge in [-0.25, -0.2) is 0 Å². The highest BCUT2D eigenvalue weighted by atomic mass is 16.4. The molecule has 0 aliphatic carbocycles. The SMILES string of the molecule is [2H]C([2H])([2H])N([C@H](C(=O)O)C(C)(C)C)C([2H])([2H])[2H]. The molecule has 11 heavy (non-hydrogen) atoms. The van der Waals surface area contributed by atoms with Gasteiger partial charge in [0, 0.05) is 8.22 Å². The van der Waals surface area contributed by atoms with Crippen LogP contribution in [0.2, 0.25) is 0 Å². The Morgan fingerprint density at radius 2 is 2.00 bits per heavy atom. The fraction of sp³-hybridized carbons (Fsp3) is 0.875. The van der Waals surface area contributed by atoms with Gasteiger partial charge < -0.3 is 5.11 Å². The standard InChI is InChI=1S/C8H17NO2/c1-8(2,3)6(7(10)11)9(4)5/h6H,1-5H3,(H,10,11)/t6-/m1/s1/i4D3,5D3. The maximum absolute atomic E-state index is 11.1. The number of nitrogens with zero attached hydrogens (tertiary/aromatic N) is 1. The highest BCUT2D eigenvalue weighted by Crippen LogP contribution is 2.22. The second-order valence-electron chi connectivity index (χ2n) is 3.48. The molecule has 0 unspecified atom stereocenters. The molecule has 0 spiro atoms. The molecule has 1 N–H and O–H groups in total. The van der Waals surface area contributed by atoms with E-state index in [1.807, 2.05) is 0 Å². The molecule has 0 rings (SSSR count). The van der Waals surface area contributed by atoms with Crippen LogP contribution in [0.25, 0.3) is 0 Å². The molecule has 0 radical (unpaired) electrons. The van der Waals surface area contributed by atoms with Crippen LogP contribution in [0.3, 0.4) is 0 Å². The zero-order chi connectivity index (χ0) is 14.2. The van der Waals surface area contributed by atoms with Gasteiger partial charge in [-0.05, 0) is 19.4 Å². The van der Waals surface area contributed by atoms with Gasteiger partial charge in [0.15, 0.2) is 0 Å². The van der Waals surface area contributed by atoms with Crippen LogP contribution in [0.5, 0.6) is 0 Å². The third-order valence-corrected chi connectivity index (χ3v) is 1.31. The average molecular weight is 165 g/mol. The largest absolute Gasteiger partial charge is 0.480 e. The summed E-state index contributed by atoms with van der Waals surface area (Å²) in [5.74, 6) is -1.47. The van der Waals surface area contributed by atoms with Crippen molar-refractivity contribution in [1.82, 2.24) is 4.90 Å². The van der Waals surface area contributed by atoms with Gasteiger partial charge in [-0.2, -0.15) is 0 Å². The Bertz CT molecular complexity index is 276. The zero-order valence-corrected chi connectivity index (χ0v) is 6.88. The molecule has 0 aromatic carbocycles. The summed E-state index contributed by atoms with van der Waals surface area (Å²) in [6.07, 6.45) is 0. The molecule has 0 aliphatic heterocycles. The Labute approximate surface area is 76.4 Å². The number of carboxylic acids is 1. The summed E-state index contributed by atoms with van der Waals surface area (Å²) in [7, 11) is 0. The highest BCUT2D eigenvalue weighted by molar-refractivity contribution is 5.74. The van der Waals surface area contributed by atoms with E-state index >= 15 is 0 Å². The quantitative estimate of drug-likeness (QED) is 0.665. The van der Waals surface area contributed by atoms with Crippen molar-refractivity contribution < 1.29 is 18.1 Å². The average Bonchev–Trinajstić information content (AvgIpc) is 1.91. The molecule has 0 aromatic heterocycles. The van der Waals surface area contributed by atoms with Crippen LogP contribution in [0, 0.1) is 5.41 Å². The van der Waals surface area contributed by atoms with Crippen LogP contribution >= 0.6 is 0 Å². The smallest absolute Gasteiger partial charge is 0.321 e. The second kappa shape index (κ2) is 3.22. The molecule has 1 atom stereocenters. The molecule has 3 nitrogen and oxygen atoms in total. The molecule has 0 amide bonds. The van der Waals surface area contributed by atoms with Gasteiger partial charge in [-0.15, -0.1) is 0 Å². The number of rotatable bonds is 2. The van der Waals surface area contributed by atoms with E-state index in [1.54, 1.807) is 0 Å². The van der Waals surface area contributed by atoms with E-state index in [2.05, 4.69) is 0 Å². The highest BCUT2D eigenvalue weighted by Gasteiger charge is 2.32. The maximum Gasteiger partial charge on any atom is 0.321 e. The molecule has 3 heteroatoms. The summed E-state index contributed by atoms with van der Waals surface area (Å²) in [6, 6.07) is -1.62. The van der Waals surface area contributed by atoms with E-state index < -0.39 is 31.4 Å². The Kier molecular flexibility index (Phi) is 1.14. The van der Waals surface area contributed by atoms with Crippen molar-refractivity contribution in [3.05, 3.63) is 0 Å². The Morgan fingerprint density at radius 3 is 2.09 bits per heavy atom. The molecule has 0 aliphatic rings. The number of aliphatic carboxylic acids is 1. The first-order chi connectivity index (χ1) is 7.19. The normalized spacial score (nSPS) is 25.5. The van der Waals surface area contributed by atoms with E-state index in [1.165, 1.54) is 20.8 Å². The maximum atomic E-state index is 11.1. The van der Waals surface area contributed by atoms with Crippen LogP contribution in [-0.2, 0) is 4.79 Å². The van der Waals surface area contributed by atoms with Crippen LogP contribution < -0.4 is 0 Å². The molecule has 0 heterocycles. The second-order valence-corrected chi connectivity index (χ2v) is 3.48. The number of likely N-dealkylation sites (N-methyl/N-ethyl adjacent to an activating group) is 1. The lowest BCUT2D eigenvalue weighted by Crippen LogP contribution is -2.45. The molecular formula is C8H17NO2. The monoisotopic (exact) mass is 165 g/mol. The van der Waals surface area contributed by atoms with Gasteiger partial charge in [-0.3, -0.25) is 9.69 Å². The summed E-state index contributed by atoms with van der Waals surface area (Å²) < 4.78 is 43.1. The van der Waals surface area contributed by atoms with Crippen molar-refractivity contribution in [3.63, 3.8) is 0 Å². The van der Waals surface area contributed by atoms with Crippen LogP contribution in [0.4, 0.5) is 0 Å². The zero-order valence-electron chi connectivity index (χ0n) is 12.9. The number of hydrogen-bond donors (Lipinski definition) is 1. The first-order valence-corrected chi connectivity index (χ1v) is 3.21. The Morgan fingerprint density at radius 1 is 1.55 bits per heavy atom. The Hall–Kier alpha value is -0.570. The van der Waals surface area contributed by atoms with Crippen molar-refractivity contribution >= 4 is 5.97 Å². The summed E-state index contributed by atoms with van der Waals surface area (Å²) in [4.78, 5) is 11.2. The third-order valence-electron chi connectivity index (χ3n) is 1.31. The van der Waals surface area contributed by atoms with Crippen molar-refractivity contribution in [3.8, 4) is 0 Å². The van der Waals surface area contributed by atoms with Crippen molar-refractivity contribution in [2.75, 3.05) is 14.0 Å². The van der Waals surface area contributed by atoms with Gasteiger partial charge in [0.25, 0.3) is 0 Å². The molecule has 0 fully saturated rings. The predicted molar refractivity (Wildman–Crippen MR) is 44.6 cm³/mol. The van der Waals surface area contributed by atoms with Crippen LogP contribution in [0.15, 0.2) is 0 Å². The van der Waals surface area contributed by atoms with Gasteiger partial charge in [0.2, 0.25) is 0 Å². The molecule has 66 valence electrons. The summed E-state index contributed by atoms with van der Waals surface area (Å²) >= 11 is 0. The minimum atomic E-state index is -3.00.